The summed E-state index contributed by atoms with van der Waals surface area (Å²) in [6.45, 7) is 2.15. The summed E-state index contributed by atoms with van der Waals surface area (Å²) in [7, 11) is 0. The molecular formula is C17H26N2O3. The first-order chi connectivity index (χ1) is 10.7. The Labute approximate surface area is 132 Å². The summed E-state index contributed by atoms with van der Waals surface area (Å²) in [6.07, 6.45) is 6.10. The Morgan fingerprint density at radius 2 is 1.77 bits per heavy atom. The van der Waals surface area contributed by atoms with Gasteiger partial charge in [-0.2, -0.15) is 0 Å². The molecule has 0 aliphatic heterocycles. The number of benzene rings is 1. The Bertz CT molecular complexity index is 448. The van der Waals surface area contributed by atoms with E-state index >= 15 is 0 Å². The summed E-state index contributed by atoms with van der Waals surface area (Å²) in [6, 6.07) is 8.65. The van der Waals surface area contributed by atoms with Gasteiger partial charge in [0.1, 0.15) is 6.04 Å². The van der Waals surface area contributed by atoms with Gasteiger partial charge in [-0.05, 0) is 12.0 Å². The van der Waals surface area contributed by atoms with Crippen LogP contribution in [0, 0.1) is 0 Å². The van der Waals surface area contributed by atoms with Crippen molar-refractivity contribution in [2.24, 2.45) is 0 Å². The first kappa shape index (κ1) is 18.2. The molecule has 5 heteroatoms. The average Bonchev–Trinajstić information content (AvgIpc) is 2.54. The Morgan fingerprint density at radius 3 is 2.41 bits per heavy atom. The molecule has 3 N–H and O–H groups in total. The molecule has 0 aliphatic carbocycles. The number of hydrogen-bond donors (Lipinski definition) is 3. The zero-order chi connectivity index (χ0) is 16.2. The Kier molecular flexibility index (Phi) is 8.91. The van der Waals surface area contributed by atoms with Gasteiger partial charge in [-0.3, -0.25) is 14.8 Å². The molecule has 1 rings (SSSR count). The molecule has 0 aliphatic rings. The van der Waals surface area contributed by atoms with E-state index in [1.807, 2.05) is 30.3 Å². The molecule has 2 amide bonds. The first-order valence-corrected chi connectivity index (χ1v) is 7.94. The van der Waals surface area contributed by atoms with E-state index in [9.17, 15) is 9.59 Å². The van der Waals surface area contributed by atoms with Crippen LogP contribution in [-0.4, -0.2) is 23.1 Å². The molecule has 0 spiro atoms. The predicted molar refractivity (Wildman–Crippen MR) is 85.4 cm³/mol. The molecule has 5 nitrogen and oxygen atoms in total. The maximum Gasteiger partial charge on any atom is 0.266 e. The van der Waals surface area contributed by atoms with Gasteiger partial charge in [-0.25, -0.2) is 5.48 Å². The zero-order valence-electron chi connectivity index (χ0n) is 13.2. The maximum atomic E-state index is 11.9. The van der Waals surface area contributed by atoms with E-state index in [1.54, 1.807) is 5.48 Å². The van der Waals surface area contributed by atoms with Gasteiger partial charge in [-0.1, -0.05) is 62.9 Å². The van der Waals surface area contributed by atoms with Crippen molar-refractivity contribution in [3.8, 4) is 0 Å². The SMILES string of the molecule is CCCCCCCC(=O)NC(Cc1ccccc1)C(=O)NO. The Balaban J connectivity index is 2.44. The second-order valence-corrected chi connectivity index (χ2v) is 5.45. The molecule has 1 unspecified atom stereocenters. The van der Waals surface area contributed by atoms with Gasteiger partial charge in [0.15, 0.2) is 0 Å². The summed E-state index contributed by atoms with van der Waals surface area (Å²) in [4.78, 5) is 23.6. The average molecular weight is 306 g/mol. The molecule has 0 heterocycles. The van der Waals surface area contributed by atoms with E-state index in [1.165, 1.54) is 12.8 Å². The molecule has 122 valence electrons. The van der Waals surface area contributed by atoms with E-state index in [2.05, 4.69) is 12.2 Å². The molecule has 0 saturated heterocycles. The fourth-order valence-electron chi connectivity index (χ4n) is 2.29. The van der Waals surface area contributed by atoms with E-state index < -0.39 is 11.9 Å². The highest BCUT2D eigenvalue weighted by Gasteiger charge is 2.20. The number of carbonyl (C=O) groups is 2. The van der Waals surface area contributed by atoms with E-state index in [0.29, 0.717) is 12.8 Å². The van der Waals surface area contributed by atoms with Crippen molar-refractivity contribution in [3.05, 3.63) is 35.9 Å². The van der Waals surface area contributed by atoms with Gasteiger partial charge in [0, 0.05) is 12.8 Å². The molecule has 22 heavy (non-hydrogen) atoms. The topological polar surface area (TPSA) is 78.4 Å². The van der Waals surface area contributed by atoms with Crippen molar-refractivity contribution in [2.45, 2.75) is 57.9 Å². The third-order valence-electron chi connectivity index (χ3n) is 3.55. The highest BCUT2D eigenvalue weighted by molar-refractivity contribution is 5.87. The molecule has 1 aromatic rings. The summed E-state index contributed by atoms with van der Waals surface area (Å²) in [5.41, 5.74) is 2.55. The van der Waals surface area contributed by atoms with Crippen LogP contribution in [0.1, 0.15) is 51.0 Å². The minimum absolute atomic E-state index is 0.152. The lowest BCUT2D eigenvalue weighted by molar-refractivity contribution is -0.134. The number of nitrogens with one attached hydrogen (secondary N) is 2. The Hall–Kier alpha value is -1.88. The van der Waals surface area contributed by atoms with Crippen LogP contribution in [-0.2, 0) is 16.0 Å². The smallest absolute Gasteiger partial charge is 0.266 e. The number of hydrogen-bond acceptors (Lipinski definition) is 3. The van der Waals surface area contributed by atoms with Gasteiger partial charge in [-0.15, -0.1) is 0 Å². The predicted octanol–water partition coefficient (Wildman–Crippen LogP) is 2.58. The second-order valence-electron chi connectivity index (χ2n) is 5.45. The van der Waals surface area contributed by atoms with Crippen LogP contribution in [0.15, 0.2) is 30.3 Å². The number of amides is 2. The highest BCUT2D eigenvalue weighted by Crippen LogP contribution is 2.07. The van der Waals surface area contributed by atoms with Crippen molar-refractivity contribution in [1.82, 2.24) is 10.8 Å². The van der Waals surface area contributed by atoms with Gasteiger partial charge in [0.2, 0.25) is 5.91 Å². The summed E-state index contributed by atoms with van der Waals surface area (Å²) in [5.74, 6) is -0.746. The van der Waals surface area contributed by atoms with Crippen molar-refractivity contribution in [2.75, 3.05) is 0 Å². The largest absolute Gasteiger partial charge is 0.344 e. The van der Waals surface area contributed by atoms with Crippen molar-refractivity contribution in [3.63, 3.8) is 0 Å². The standard InChI is InChI=1S/C17H26N2O3/c1-2-3-4-5-9-12-16(20)18-15(17(21)19-22)13-14-10-7-6-8-11-14/h6-8,10-11,15,22H,2-5,9,12-13H2,1H3,(H,18,20)(H,19,21). The normalized spacial score (nSPS) is 11.7. The van der Waals surface area contributed by atoms with Crippen LogP contribution in [0.3, 0.4) is 0 Å². The molecule has 0 fully saturated rings. The second kappa shape index (κ2) is 10.8. The number of unbranched alkanes of at least 4 members (excludes halogenated alkanes) is 4. The van der Waals surface area contributed by atoms with Crippen LogP contribution in [0.5, 0.6) is 0 Å². The van der Waals surface area contributed by atoms with Gasteiger partial charge < -0.3 is 5.32 Å². The molecule has 1 aromatic carbocycles. The lowest BCUT2D eigenvalue weighted by Gasteiger charge is -2.17. The molecular weight excluding hydrogens is 280 g/mol. The zero-order valence-corrected chi connectivity index (χ0v) is 13.2. The van der Waals surface area contributed by atoms with Crippen LogP contribution < -0.4 is 10.8 Å². The summed E-state index contributed by atoms with van der Waals surface area (Å²) in [5, 5.41) is 11.5. The molecule has 0 saturated carbocycles. The van der Waals surface area contributed by atoms with E-state index in [4.69, 9.17) is 5.21 Å². The minimum atomic E-state index is -0.754. The first-order valence-electron chi connectivity index (χ1n) is 7.94. The van der Waals surface area contributed by atoms with Crippen LogP contribution >= 0.6 is 0 Å². The number of hydroxylamine groups is 1. The summed E-state index contributed by atoms with van der Waals surface area (Å²) >= 11 is 0. The number of carbonyl (C=O) groups excluding carboxylic acids is 2. The van der Waals surface area contributed by atoms with Crippen molar-refractivity contribution in [1.29, 1.82) is 0 Å². The fourth-order valence-corrected chi connectivity index (χ4v) is 2.29. The van der Waals surface area contributed by atoms with E-state index in [0.717, 1.165) is 24.8 Å². The molecule has 1 atom stereocenters. The van der Waals surface area contributed by atoms with Gasteiger partial charge >= 0.3 is 0 Å². The van der Waals surface area contributed by atoms with Crippen LogP contribution in [0.25, 0.3) is 0 Å². The molecule has 0 bridgehead atoms. The minimum Gasteiger partial charge on any atom is -0.344 e. The lowest BCUT2D eigenvalue weighted by atomic mass is 10.0. The fraction of sp³-hybridized carbons (Fsp3) is 0.529. The Morgan fingerprint density at radius 1 is 1.09 bits per heavy atom. The van der Waals surface area contributed by atoms with E-state index in [-0.39, 0.29) is 5.91 Å². The third kappa shape index (κ3) is 7.22. The van der Waals surface area contributed by atoms with Crippen molar-refractivity contribution >= 4 is 11.8 Å². The third-order valence-corrected chi connectivity index (χ3v) is 3.55. The lowest BCUT2D eigenvalue weighted by Crippen LogP contribution is -2.47. The summed E-state index contributed by atoms with van der Waals surface area (Å²) < 4.78 is 0. The van der Waals surface area contributed by atoms with Crippen LogP contribution in [0.4, 0.5) is 0 Å². The molecule has 0 aromatic heterocycles. The highest BCUT2D eigenvalue weighted by atomic mass is 16.5. The van der Waals surface area contributed by atoms with Gasteiger partial charge in [0.25, 0.3) is 5.91 Å². The van der Waals surface area contributed by atoms with Gasteiger partial charge in [0.05, 0.1) is 0 Å². The quantitative estimate of drug-likeness (QED) is 0.353. The van der Waals surface area contributed by atoms with Crippen molar-refractivity contribution < 1.29 is 14.8 Å². The monoisotopic (exact) mass is 306 g/mol. The number of rotatable bonds is 10. The van der Waals surface area contributed by atoms with Crippen LogP contribution in [0.2, 0.25) is 0 Å². The maximum absolute atomic E-state index is 11.9. The molecule has 0 radical (unpaired) electrons.